The molecule has 0 saturated heterocycles. The van der Waals surface area contributed by atoms with Crippen LogP contribution in [0, 0.1) is 0 Å². The average Bonchev–Trinajstić information content (AvgIpc) is 3.03. The van der Waals surface area contributed by atoms with Gasteiger partial charge in [-0.2, -0.15) is 0 Å². The molecule has 0 aliphatic heterocycles. The molecule has 2 N–H and O–H groups in total. The molecule has 114 valence electrons. The van der Waals surface area contributed by atoms with Crippen LogP contribution in [0.25, 0.3) is 0 Å². The van der Waals surface area contributed by atoms with E-state index >= 15 is 0 Å². The largest absolute Gasteiger partial charge is 0.453 e. The van der Waals surface area contributed by atoms with Crippen molar-refractivity contribution in [1.29, 1.82) is 0 Å². The molecule has 0 bridgehead atoms. The third-order valence-electron chi connectivity index (χ3n) is 3.71. The van der Waals surface area contributed by atoms with Gasteiger partial charge in [-0.05, 0) is 37.0 Å². The molecule has 2 aromatic rings. The highest BCUT2D eigenvalue weighted by Crippen LogP contribution is 2.27. The number of ether oxygens (including phenoxy) is 1. The second kappa shape index (κ2) is 6.43. The Morgan fingerprint density at radius 2 is 2.05 bits per heavy atom. The monoisotopic (exact) mass is 298 g/mol. The highest BCUT2D eigenvalue weighted by Gasteiger charge is 2.16. The normalized spacial score (nSPS) is 12.6. The smallest absolute Gasteiger partial charge is 0.407 e. The van der Waals surface area contributed by atoms with Gasteiger partial charge in [0.15, 0.2) is 0 Å². The summed E-state index contributed by atoms with van der Waals surface area (Å²) in [6.07, 6.45) is 4.38. The van der Waals surface area contributed by atoms with Gasteiger partial charge in [-0.1, -0.05) is 12.1 Å². The van der Waals surface area contributed by atoms with Gasteiger partial charge >= 0.3 is 6.09 Å². The Morgan fingerprint density at radius 1 is 1.23 bits per heavy atom. The first-order valence-corrected chi connectivity index (χ1v) is 7.27. The average molecular weight is 298 g/mol. The van der Waals surface area contributed by atoms with Gasteiger partial charge in [0.1, 0.15) is 12.1 Å². The van der Waals surface area contributed by atoms with Crippen molar-refractivity contribution in [2.75, 3.05) is 12.4 Å². The molecule has 1 amide bonds. The number of nitrogens with one attached hydrogen (secondary N) is 2. The van der Waals surface area contributed by atoms with Crippen LogP contribution in [0.15, 0.2) is 30.6 Å². The van der Waals surface area contributed by atoms with E-state index in [1.54, 1.807) is 6.33 Å². The maximum atomic E-state index is 11.0. The van der Waals surface area contributed by atoms with E-state index in [0.29, 0.717) is 6.54 Å². The molecule has 6 heteroatoms. The topological polar surface area (TPSA) is 76.1 Å². The molecule has 0 atom stereocenters. The summed E-state index contributed by atoms with van der Waals surface area (Å²) in [6, 6.07) is 7.86. The van der Waals surface area contributed by atoms with Crippen LogP contribution in [0.3, 0.4) is 0 Å². The number of nitrogens with zero attached hydrogens (tertiary/aromatic N) is 2. The molecule has 1 aromatic heterocycles. The first-order valence-electron chi connectivity index (χ1n) is 7.27. The van der Waals surface area contributed by atoms with Crippen LogP contribution < -0.4 is 10.6 Å². The van der Waals surface area contributed by atoms with Gasteiger partial charge in [-0.25, -0.2) is 14.8 Å². The quantitative estimate of drug-likeness (QED) is 0.907. The van der Waals surface area contributed by atoms with Gasteiger partial charge in [0.05, 0.1) is 7.11 Å². The molecule has 0 radical (unpaired) electrons. The fraction of sp³-hybridized carbons (Fsp3) is 0.312. The zero-order chi connectivity index (χ0) is 15.4. The zero-order valence-corrected chi connectivity index (χ0v) is 12.4. The van der Waals surface area contributed by atoms with Crippen LogP contribution in [-0.4, -0.2) is 23.2 Å². The number of benzene rings is 1. The lowest BCUT2D eigenvalue weighted by Gasteiger charge is -2.10. The van der Waals surface area contributed by atoms with Crippen molar-refractivity contribution in [3.05, 3.63) is 47.4 Å². The number of fused-ring (bicyclic) bond motifs is 1. The first-order chi connectivity index (χ1) is 10.8. The summed E-state index contributed by atoms with van der Waals surface area (Å²) in [7, 11) is 1.35. The van der Waals surface area contributed by atoms with Crippen molar-refractivity contribution in [3.8, 4) is 0 Å². The number of carbonyl (C=O) groups is 1. The second-order valence-electron chi connectivity index (χ2n) is 5.17. The summed E-state index contributed by atoms with van der Waals surface area (Å²) in [4.78, 5) is 19.7. The molecular weight excluding hydrogens is 280 g/mol. The molecule has 1 aliphatic rings. The highest BCUT2D eigenvalue weighted by atomic mass is 16.5. The van der Waals surface area contributed by atoms with E-state index in [0.717, 1.165) is 42.0 Å². The number of hydrogen-bond acceptors (Lipinski definition) is 5. The predicted molar refractivity (Wildman–Crippen MR) is 83.0 cm³/mol. The number of carbonyl (C=O) groups excluding carboxylic acids is 1. The van der Waals surface area contributed by atoms with Crippen molar-refractivity contribution < 1.29 is 9.53 Å². The first kappa shape index (κ1) is 14.3. The summed E-state index contributed by atoms with van der Waals surface area (Å²) >= 11 is 0. The minimum atomic E-state index is -0.432. The Bertz CT molecular complexity index is 670. The molecule has 22 heavy (non-hydrogen) atoms. The van der Waals surface area contributed by atoms with Gasteiger partial charge in [0, 0.05) is 23.5 Å². The number of rotatable bonds is 4. The van der Waals surface area contributed by atoms with E-state index < -0.39 is 6.09 Å². The third-order valence-corrected chi connectivity index (χ3v) is 3.71. The summed E-state index contributed by atoms with van der Waals surface area (Å²) in [6.45, 7) is 0.440. The zero-order valence-electron chi connectivity index (χ0n) is 12.4. The molecule has 0 fully saturated rings. The third kappa shape index (κ3) is 3.16. The minimum Gasteiger partial charge on any atom is -0.453 e. The van der Waals surface area contributed by atoms with E-state index in [-0.39, 0.29) is 0 Å². The SMILES string of the molecule is COC(=O)NCc1ccc(Nc2ncnc3c2CCC3)cc1. The van der Waals surface area contributed by atoms with Crippen molar-refractivity contribution in [2.45, 2.75) is 25.8 Å². The number of aromatic nitrogens is 2. The Morgan fingerprint density at radius 3 is 2.82 bits per heavy atom. The van der Waals surface area contributed by atoms with Gasteiger partial charge in [0.25, 0.3) is 0 Å². The number of amides is 1. The molecule has 3 rings (SSSR count). The molecule has 0 saturated carbocycles. The summed E-state index contributed by atoms with van der Waals surface area (Å²) in [5.74, 6) is 0.892. The Labute approximate surface area is 128 Å². The van der Waals surface area contributed by atoms with Crippen molar-refractivity contribution in [2.24, 2.45) is 0 Å². The molecule has 1 aromatic carbocycles. The van der Waals surface area contributed by atoms with Crippen LogP contribution in [0.5, 0.6) is 0 Å². The minimum absolute atomic E-state index is 0.432. The Balaban J connectivity index is 1.67. The van der Waals surface area contributed by atoms with Crippen molar-refractivity contribution >= 4 is 17.6 Å². The standard InChI is InChI=1S/C16H18N4O2/c1-22-16(21)17-9-11-5-7-12(8-6-11)20-15-13-3-2-4-14(13)18-10-19-15/h5-8,10H,2-4,9H2,1H3,(H,17,21)(H,18,19,20). The predicted octanol–water partition coefficient (Wildman–Crippen LogP) is 2.56. The molecule has 0 spiro atoms. The molecule has 1 heterocycles. The molecule has 0 unspecified atom stereocenters. The molecule has 1 aliphatic carbocycles. The maximum absolute atomic E-state index is 11.0. The van der Waals surface area contributed by atoms with E-state index in [4.69, 9.17) is 0 Å². The lowest BCUT2D eigenvalue weighted by Crippen LogP contribution is -2.22. The van der Waals surface area contributed by atoms with Gasteiger partial charge < -0.3 is 15.4 Å². The number of alkyl carbamates (subject to hydrolysis) is 1. The number of methoxy groups -OCH3 is 1. The van der Waals surface area contributed by atoms with E-state index in [1.165, 1.54) is 12.7 Å². The summed E-state index contributed by atoms with van der Waals surface area (Å²) < 4.78 is 4.54. The lowest BCUT2D eigenvalue weighted by molar-refractivity contribution is 0.170. The fourth-order valence-electron chi connectivity index (χ4n) is 2.56. The summed E-state index contributed by atoms with van der Waals surface area (Å²) in [5.41, 5.74) is 4.34. The van der Waals surface area contributed by atoms with Crippen LogP contribution in [0.4, 0.5) is 16.3 Å². The number of anilines is 2. The Kier molecular flexibility index (Phi) is 4.18. The van der Waals surface area contributed by atoms with Gasteiger partial charge in [-0.15, -0.1) is 0 Å². The lowest BCUT2D eigenvalue weighted by atomic mass is 10.2. The molecular formula is C16H18N4O2. The van der Waals surface area contributed by atoms with E-state index in [1.807, 2.05) is 24.3 Å². The van der Waals surface area contributed by atoms with E-state index in [9.17, 15) is 4.79 Å². The van der Waals surface area contributed by atoms with Gasteiger partial charge in [-0.3, -0.25) is 0 Å². The van der Waals surface area contributed by atoms with Gasteiger partial charge in [0.2, 0.25) is 0 Å². The Hall–Kier alpha value is -2.63. The van der Waals surface area contributed by atoms with Crippen LogP contribution in [0.1, 0.15) is 23.2 Å². The number of aryl methyl sites for hydroxylation is 1. The van der Waals surface area contributed by atoms with Crippen LogP contribution in [0.2, 0.25) is 0 Å². The van der Waals surface area contributed by atoms with E-state index in [2.05, 4.69) is 25.3 Å². The maximum Gasteiger partial charge on any atom is 0.407 e. The van der Waals surface area contributed by atoms with Crippen LogP contribution >= 0.6 is 0 Å². The number of hydrogen-bond donors (Lipinski definition) is 2. The summed E-state index contributed by atoms with van der Waals surface area (Å²) in [5, 5.41) is 5.99. The van der Waals surface area contributed by atoms with Crippen molar-refractivity contribution in [1.82, 2.24) is 15.3 Å². The fourth-order valence-corrected chi connectivity index (χ4v) is 2.56. The molecule has 6 nitrogen and oxygen atoms in total. The van der Waals surface area contributed by atoms with Crippen molar-refractivity contribution in [3.63, 3.8) is 0 Å². The second-order valence-corrected chi connectivity index (χ2v) is 5.17. The van der Waals surface area contributed by atoms with Crippen LogP contribution in [-0.2, 0) is 24.1 Å². The highest BCUT2D eigenvalue weighted by molar-refractivity contribution is 5.67.